The zero-order valence-electron chi connectivity index (χ0n) is 20.6. The van der Waals surface area contributed by atoms with E-state index in [9.17, 15) is 9.59 Å². The first-order chi connectivity index (χ1) is 15.0. The number of carbonyl (C=O) groups is 2. The van der Waals surface area contributed by atoms with Gasteiger partial charge in [0.1, 0.15) is 11.6 Å². The Morgan fingerprint density at radius 2 is 1.84 bits per heavy atom. The van der Waals surface area contributed by atoms with Crippen molar-refractivity contribution in [2.75, 3.05) is 25.5 Å². The van der Waals surface area contributed by atoms with Crippen molar-refractivity contribution >= 4 is 17.6 Å². The van der Waals surface area contributed by atoms with E-state index in [1.165, 1.54) is 0 Å². The summed E-state index contributed by atoms with van der Waals surface area (Å²) in [7, 11) is 1.62. The molecule has 2 aromatic rings. The average molecular weight is 443 g/mol. The summed E-state index contributed by atoms with van der Waals surface area (Å²) in [6.45, 7) is 13.0. The molecule has 0 aliphatic heterocycles. The van der Waals surface area contributed by atoms with Crippen LogP contribution in [0.15, 0.2) is 30.3 Å². The molecule has 0 bridgehead atoms. The van der Waals surface area contributed by atoms with Gasteiger partial charge in [0.2, 0.25) is 11.8 Å². The van der Waals surface area contributed by atoms with E-state index < -0.39 is 0 Å². The second kappa shape index (κ2) is 11.2. The van der Waals surface area contributed by atoms with Crippen LogP contribution in [0, 0.1) is 5.92 Å². The number of aromatic nitrogens is 2. The second-order valence-corrected chi connectivity index (χ2v) is 9.59. The molecule has 0 spiro atoms. The van der Waals surface area contributed by atoms with Crippen LogP contribution in [0.4, 0.5) is 5.82 Å². The molecule has 0 aliphatic carbocycles. The third kappa shape index (κ3) is 7.11. The van der Waals surface area contributed by atoms with Gasteiger partial charge in [0.25, 0.3) is 0 Å². The molecule has 1 aromatic heterocycles. The van der Waals surface area contributed by atoms with Crippen molar-refractivity contribution in [2.45, 2.75) is 66.2 Å². The van der Waals surface area contributed by atoms with Gasteiger partial charge < -0.3 is 15.0 Å². The zero-order valence-corrected chi connectivity index (χ0v) is 20.6. The summed E-state index contributed by atoms with van der Waals surface area (Å²) in [5.74, 6) is 1.40. The molecule has 7 nitrogen and oxygen atoms in total. The fraction of sp³-hybridized carbons (Fsp3) is 0.560. The Morgan fingerprint density at radius 3 is 2.38 bits per heavy atom. The smallest absolute Gasteiger partial charge is 0.245 e. The lowest BCUT2D eigenvalue weighted by molar-refractivity contribution is -0.135. The summed E-state index contributed by atoms with van der Waals surface area (Å²) in [6, 6.07) is 9.40. The number of rotatable bonds is 10. The van der Waals surface area contributed by atoms with Crippen LogP contribution in [0.1, 0.15) is 66.5 Å². The number of hydrogen-bond acceptors (Lipinski definition) is 4. The molecule has 1 heterocycles. The van der Waals surface area contributed by atoms with Crippen LogP contribution in [0.5, 0.6) is 5.75 Å². The molecule has 0 atom stereocenters. The summed E-state index contributed by atoms with van der Waals surface area (Å²) in [5.41, 5.74) is 1.49. The van der Waals surface area contributed by atoms with Gasteiger partial charge in [-0.2, -0.15) is 5.10 Å². The van der Waals surface area contributed by atoms with E-state index in [0.717, 1.165) is 30.0 Å². The van der Waals surface area contributed by atoms with Crippen molar-refractivity contribution in [3.05, 3.63) is 36.0 Å². The summed E-state index contributed by atoms with van der Waals surface area (Å²) >= 11 is 0. The van der Waals surface area contributed by atoms with Crippen LogP contribution in [-0.2, 0) is 15.0 Å². The standard InChI is InChI=1S/C25H38N4O3/c1-8-9-10-24(31)28(16-18(2)3)17-23(30)26-22-15-21(25(4,5)6)27-29(22)19-11-13-20(32-7)14-12-19/h11-15,18H,8-10,16-17H2,1-7H3,(H,26,30). The quantitative estimate of drug-likeness (QED) is 0.574. The summed E-state index contributed by atoms with van der Waals surface area (Å²) in [6.07, 6.45) is 2.24. The molecular weight excluding hydrogens is 404 g/mol. The van der Waals surface area contributed by atoms with E-state index >= 15 is 0 Å². The molecule has 0 unspecified atom stereocenters. The van der Waals surface area contributed by atoms with Gasteiger partial charge in [-0.15, -0.1) is 0 Å². The Balaban J connectivity index is 2.27. The number of ether oxygens (including phenoxy) is 1. The Kier molecular flexibility index (Phi) is 8.87. The number of unbranched alkanes of at least 4 members (excludes halogenated alkanes) is 1. The summed E-state index contributed by atoms with van der Waals surface area (Å²) in [4.78, 5) is 27.2. The minimum atomic E-state index is -0.231. The third-order valence-electron chi connectivity index (χ3n) is 5.08. The van der Waals surface area contributed by atoms with E-state index in [2.05, 4.69) is 33.0 Å². The topological polar surface area (TPSA) is 76.5 Å². The highest BCUT2D eigenvalue weighted by Crippen LogP contribution is 2.27. The van der Waals surface area contributed by atoms with Gasteiger partial charge in [0.15, 0.2) is 0 Å². The Labute approximate surface area is 192 Å². The van der Waals surface area contributed by atoms with Gasteiger partial charge in [-0.3, -0.25) is 9.59 Å². The van der Waals surface area contributed by atoms with Crippen LogP contribution in [-0.4, -0.2) is 46.7 Å². The molecule has 0 aliphatic rings. The molecule has 2 rings (SSSR count). The minimum Gasteiger partial charge on any atom is -0.497 e. The summed E-state index contributed by atoms with van der Waals surface area (Å²) in [5, 5.41) is 7.73. The van der Waals surface area contributed by atoms with Crippen molar-refractivity contribution < 1.29 is 14.3 Å². The molecule has 1 aromatic carbocycles. The van der Waals surface area contributed by atoms with Gasteiger partial charge in [0.05, 0.1) is 25.0 Å². The van der Waals surface area contributed by atoms with E-state index in [-0.39, 0.29) is 29.7 Å². The van der Waals surface area contributed by atoms with Crippen LogP contribution in [0.2, 0.25) is 0 Å². The van der Waals surface area contributed by atoms with Crippen molar-refractivity contribution in [2.24, 2.45) is 5.92 Å². The van der Waals surface area contributed by atoms with Crippen LogP contribution >= 0.6 is 0 Å². The number of carbonyl (C=O) groups excluding carboxylic acids is 2. The fourth-order valence-corrected chi connectivity index (χ4v) is 3.29. The van der Waals surface area contributed by atoms with Crippen molar-refractivity contribution in [3.8, 4) is 11.4 Å². The van der Waals surface area contributed by atoms with Gasteiger partial charge in [-0.25, -0.2) is 4.68 Å². The maximum Gasteiger partial charge on any atom is 0.245 e. The monoisotopic (exact) mass is 442 g/mol. The molecule has 0 saturated heterocycles. The van der Waals surface area contributed by atoms with E-state index in [0.29, 0.717) is 18.8 Å². The molecule has 2 amide bonds. The molecular formula is C25H38N4O3. The number of benzene rings is 1. The van der Waals surface area contributed by atoms with Crippen LogP contribution < -0.4 is 10.1 Å². The maximum absolute atomic E-state index is 13.0. The zero-order chi connectivity index (χ0) is 23.9. The van der Waals surface area contributed by atoms with Gasteiger partial charge >= 0.3 is 0 Å². The summed E-state index contributed by atoms with van der Waals surface area (Å²) < 4.78 is 6.97. The molecule has 0 radical (unpaired) electrons. The number of amides is 2. The van der Waals surface area contributed by atoms with Gasteiger partial charge in [-0.1, -0.05) is 48.0 Å². The first-order valence-corrected chi connectivity index (χ1v) is 11.4. The lowest BCUT2D eigenvalue weighted by Gasteiger charge is -2.24. The predicted molar refractivity (Wildman–Crippen MR) is 128 cm³/mol. The first kappa shape index (κ1) is 25.4. The average Bonchev–Trinajstić information content (AvgIpc) is 3.15. The maximum atomic E-state index is 13.0. The SMILES string of the molecule is CCCCC(=O)N(CC(=O)Nc1cc(C(C)(C)C)nn1-c1ccc(OC)cc1)CC(C)C. The number of hydrogen-bond donors (Lipinski definition) is 1. The molecule has 0 fully saturated rings. The first-order valence-electron chi connectivity index (χ1n) is 11.4. The van der Waals surface area contributed by atoms with Crippen molar-refractivity contribution in [1.82, 2.24) is 14.7 Å². The highest BCUT2D eigenvalue weighted by molar-refractivity contribution is 5.94. The third-order valence-corrected chi connectivity index (χ3v) is 5.08. The molecule has 0 saturated carbocycles. The highest BCUT2D eigenvalue weighted by atomic mass is 16.5. The highest BCUT2D eigenvalue weighted by Gasteiger charge is 2.23. The molecule has 176 valence electrons. The van der Waals surface area contributed by atoms with E-state index in [1.54, 1.807) is 16.7 Å². The Bertz CT molecular complexity index is 895. The van der Waals surface area contributed by atoms with Gasteiger partial charge in [-0.05, 0) is 36.6 Å². The minimum absolute atomic E-state index is 0.0229. The van der Waals surface area contributed by atoms with Crippen molar-refractivity contribution in [3.63, 3.8) is 0 Å². The predicted octanol–water partition coefficient (Wildman–Crippen LogP) is 4.79. The fourth-order valence-electron chi connectivity index (χ4n) is 3.29. The Hall–Kier alpha value is -2.83. The molecule has 1 N–H and O–H groups in total. The number of nitrogens with zero attached hydrogens (tertiary/aromatic N) is 3. The molecule has 7 heteroatoms. The number of nitrogens with one attached hydrogen (secondary N) is 1. The lowest BCUT2D eigenvalue weighted by Crippen LogP contribution is -2.40. The lowest BCUT2D eigenvalue weighted by atomic mass is 9.92. The normalized spacial score (nSPS) is 11.5. The second-order valence-electron chi connectivity index (χ2n) is 9.59. The largest absolute Gasteiger partial charge is 0.497 e. The van der Waals surface area contributed by atoms with Crippen LogP contribution in [0.25, 0.3) is 5.69 Å². The van der Waals surface area contributed by atoms with Crippen LogP contribution in [0.3, 0.4) is 0 Å². The van der Waals surface area contributed by atoms with Crippen molar-refractivity contribution in [1.29, 1.82) is 0 Å². The Morgan fingerprint density at radius 1 is 1.19 bits per heavy atom. The number of anilines is 1. The van der Waals surface area contributed by atoms with E-state index in [4.69, 9.17) is 9.84 Å². The molecule has 32 heavy (non-hydrogen) atoms. The number of methoxy groups -OCH3 is 1. The van der Waals surface area contributed by atoms with E-state index in [1.807, 2.05) is 44.2 Å². The van der Waals surface area contributed by atoms with Gasteiger partial charge in [0, 0.05) is 24.4 Å².